The number of carbonyl (C=O) groups is 2. The van der Waals surface area contributed by atoms with Crippen LogP contribution in [0.3, 0.4) is 0 Å². The summed E-state index contributed by atoms with van der Waals surface area (Å²) in [5.41, 5.74) is 0.505. The van der Waals surface area contributed by atoms with E-state index in [1.54, 1.807) is 25.1 Å². The van der Waals surface area contributed by atoms with E-state index < -0.39 is 5.97 Å². The van der Waals surface area contributed by atoms with Gasteiger partial charge in [-0.1, -0.05) is 18.5 Å². The van der Waals surface area contributed by atoms with Gasteiger partial charge in [0.05, 0.1) is 5.56 Å². The SMILES string of the molecule is CC(CNC(=O)c1cc(Cl)ccc1I)CC(=O)O. The van der Waals surface area contributed by atoms with Crippen molar-refractivity contribution in [2.24, 2.45) is 5.92 Å². The number of amides is 1. The maximum atomic E-state index is 11.9. The lowest BCUT2D eigenvalue weighted by atomic mass is 10.1. The fourth-order valence-electron chi connectivity index (χ4n) is 1.40. The van der Waals surface area contributed by atoms with Gasteiger partial charge >= 0.3 is 5.97 Å². The van der Waals surface area contributed by atoms with Crippen molar-refractivity contribution in [3.05, 3.63) is 32.4 Å². The Morgan fingerprint density at radius 3 is 2.78 bits per heavy atom. The second-order valence-corrected chi connectivity index (χ2v) is 5.64. The van der Waals surface area contributed by atoms with Gasteiger partial charge in [0.1, 0.15) is 0 Å². The van der Waals surface area contributed by atoms with E-state index in [9.17, 15) is 9.59 Å². The Balaban J connectivity index is 2.60. The van der Waals surface area contributed by atoms with Crippen molar-refractivity contribution in [3.8, 4) is 0 Å². The first-order valence-electron chi connectivity index (χ1n) is 5.35. The number of hydrogen-bond acceptors (Lipinski definition) is 2. The minimum atomic E-state index is -0.867. The molecule has 0 bridgehead atoms. The molecule has 6 heteroatoms. The predicted octanol–water partition coefficient (Wildman–Crippen LogP) is 2.79. The second-order valence-electron chi connectivity index (χ2n) is 4.04. The third kappa shape index (κ3) is 4.81. The Labute approximate surface area is 124 Å². The predicted molar refractivity (Wildman–Crippen MR) is 77.9 cm³/mol. The number of benzene rings is 1. The zero-order valence-electron chi connectivity index (χ0n) is 9.74. The summed E-state index contributed by atoms with van der Waals surface area (Å²) >= 11 is 7.89. The summed E-state index contributed by atoms with van der Waals surface area (Å²) in [4.78, 5) is 22.4. The van der Waals surface area contributed by atoms with Crippen molar-refractivity contribution >= 4 is 46.1 Å². The summed E-state index contributed by atoms with van der Waals surface area (Å²) in [7, 11) is 0. The standard InChI is InChI=1S/C12H13ClINO3/c1-7(4-11(16)17)6-15-12(18)9-5-8(13)2-3-10(9)14/h2-3,5,7H,4,6H2,1H3,(H,15,18)(H,16,17). The molecule has 1 atom stereocenters. The van der Waals surface area contributed by atoms with Gasteiger partial charge in [0.15, 0.2) is 0 Å². The summed E-state index contributed by atoms with van der Waals surface area (Å²) in [5, 5.41) is 11.8. The number of nitrogens with one attached hydrogen (secondary N) is 1. The molecule has 0 heterocycles. The molecular weight excluding hydrogens is 368 g/mol. The zero-order valence-corrected chi connectivity index (χ0v) is 12.7. The number of rotatable bonds is 5. The highest BCUT2D eigenvalue weighted by molar-refractivity contribution is 14.1. The molecule has 1 aromatic rings. The maximum Gasteiger partial charge on any atom is 0.303 e. The number of carboxylic acids is 1. The molecule has 0 aliphatic heterocycles. The van der Waals surface area contributed by atoms with Crippen LogP contribution in [-0.2, 0) is 4.79 Å². The fraction of sp³-hybridized carbons (Fsp3) is 0.333. The van der Waals surface area contributed by atoms with E-state index in [4.69, 9.17) is 16.7 Å². The molecule has 1 rings (SSSR count). The van der Waals surface area contributed by atoms with Crippen molar-refractivity contribution in [2.75, 3.05) is 6.54 Å². The molecule has 0 spiro atoms. The highest BCUT2D eigenvalue weighted by atomic mass is 127. The summed E-state index contributed by atoms with van der Waals surface area (Å²) in [6, 6.07) is 5.08. The Kier molecular flexibility index (Phi) is 5.87. The van der Waals surface area contributed by atoms with E-state index in [1.807, 2.05) is 0 Å². The third-order valence-corrected chi connectivity index (χ3v) is 3.48. The van der Waals surface area contributed by atoms with Crippen LogP contribution in [-0.4, -0.2) is 23.5 Å². The lowest BCUT2D eigenvalue weighted by Crippen LogP contribution is -2.29. The van der Waals surface area contributed by atoms with Crippen molar-refractivity contribution < 1.29 is 14.7 Å². The highest BCUT2D eigenvalue weighted by Crippen LogP contribution is 2.17. The van der Waals surface area contributed by atoms with Gasteiger partial charge in [0.2, 0.25) is 0 Å². The minimum absolute atomic E-state index is 0.0346. The van der Waals surface area contributed by atoms with Crippen LogP contribution in [0.1, 0.15) is 23.7 Å². The van der Waals surface area contributed by atoms with Crippen LogP contribution in [0.2, 0.25) is 5.02 Å². The number of carbonyl (C=O) groups excluding carboxylic acids is 1. The number of halogens is 2. The molecule has 18 heavy (non-hydrogen) atoms. The average molecular weight is 382 g/mol. The van der Waals surface area contributed by atoms with Gasteiger partial charge in [0.25, 0.3) is 5.91 Å². The molecule has 1 amide bonds. The molecule has 0 radical (unpaired) electrons. The van der Waals surface area contributed by atoms with Gasteiger partial charge in [-0.25, -0.2) is 0 Å². The number of hydrogen-bond donors (Lipinski definition) is 2. The van der Waals surface area contributed by atoms with Crippen molar-refractivity contribution in [1.82, 2.24) is 5.32 Å². The molecule has 98 valence electrons. The average Bonchev–Trinajstić information content (AvgIpc) is 2.28. The van der Waals surface area contributed by atoms with E-state index >= 15 is 0 Å². The van der Waals surface area contributed by atoms with Gasteiger partial charge in [-0.3, -0.25) is 9.59 Å². The maximum absolute atomic E-state index is 11.9. The summed E-state index contributed by atoms with van der Waals surface area (Å²) in [5.74, 6) is -1.21. The van der Waals surface area contributed by atoms with E-state index in [1.165, 1.54) is 0 Å². The molecule has 2 N–H and O–H groups in total. The van der Waals surface area contributed by atoms with Crippen molar-refractivity contribution in [2.45, 2.75) is 13.3 Å². The molecule has 0 saturated carbocycles. The third-order valence-electron chi connectivity index (χ3n) is 2.31. The molecule has 4 nitrogen and oxygen atoms in total. The lowest BCUT2D eigenvalue weighted by molar-refractivity contribution is -0.137. The fourth-order valence-corrected chi connectivity index (χ4v) is 2.16. The molecule has 0 aliphatic carbocycles. The lowest BCUT2D eigenvalue weighted by Gasteiger charge is -2.11. The zero-order chi connectivity index (χ0) is 13.7. The largest absolute Gasteiger partial charge is 0.481 e. The summed E-state index contributed by atoms with van der Waals surface area (Å²) < 4.78 is 0.806. The van der Waals surface area contributed by atoms with Crippen LogP contribution in [0, 0.1) is 9.49 Å². The first kappa shape index (κ1) is 15.2. The van der Waals surface area contributed by atoms with E-state index in [-0.39, 0.29) is 18.2 Å². The van der Waals surface area contributed by atoms with Gasteiger partial charge in [-0.15, -0.1) is 0 Å². The Morgan fingerprint density at radius 2 is 2.17 bits per heavy atom. The molecule has 0 fully saturated rings. The van der Waals surface area contributed by atoms with E-state index in [2.05, 4.69) is 27.9 Å². The Hall–Kier alpha value is -0.820. The minimum Gasteiger partial charge on any atom is -0.481 e. The van der Waals surface area contributed by atoms with Crippen molar-refractivity contribution in [1.29, 1.82) is 0 Å². The Morgan fingerprint density at radius 1 is 1.50 bits per heavy atom. The number of carboxylic acid groups (broad SMARTS) is 1. The summed E-state index contributed by atoms with van der Waals surface area (Å²) in [6.45, 7) is 2.10. The van der Waals surface area contributed by atoms with Crippen LogP contribution in [0.25, 0.3) is 0 Å². The van der Waals surface area contributed by atoms with Crippen molar-refractivity contribution in [3.63, 3.8) is 0 Å². The summed E-state index contributed by atoms with van der Waals surface area (Å²) in [6.07, 6.45) is 0.0346. The van der Waals surface area contributed by atoms with Gasteiger partial charge in [0, 0.05) is 21.6 Å². The topological polar surface area (TPSA) is 66.4 Å². The van der Waals surface area contributed by atoms with E-state index in [0.717, 1.165) is 3.57 Å². The van der Waals surface area contributed by atoms with Crippen LogP contribution >= 0.6 is 34.2 Å². The quantitative estimate of drug-likeness (QED) is 0.771. The van der Waals surface area contributed by atoms with Gasteiger partial charge in [-0.05, 0) is 46.7 Å². The highest BCUT2D eigenvalue weighted by Gasteiger charge is 2.13. The van der Waals surface area contributed by atoms with E-state index in [0.29, 0.717) is 17.1 Å². The van der Waals surface area contributed by atoms with Crippen LogP contribution in [0.5, 0.6) is 0 Å². The molecule has 0 aromatic heterocycles. The molecular formula is C12H13ClINO3. The smallest absolute Gasteiger partial charge is 0.303 e. The first-order chi connectivity index (χ1) is 8.40. The van der Waals surface area contributed by atoms with Gasteiger partial charge in [-0.2, -0.15) is 0 Å². The molecule has 1 aromatic carbocycles. The number of aliphatic carboxylic acids is 1. The molecule has 0 aliphatic rings. The normalized spacial score (nSPS) is 11.9. The molecule has 1 unspecified atom stereocenters. The van der Waals surface area contributed by atoms with Crippen LogP contribution in [0.15, 0.2) is 18.2 Å². The molecule has 0 saturated heterocycles. The van der Waals surface area contributed by atoms with Gasteiger partial charge < -0.3 is 10.4 Å². The Bertz CT molecular complexity index is 465. The van der Waals surface area contributed by atoms with Crippen LogP contribution in [0.4, 0.5) is 0 Å². The first-order valence-corrected chi connectivity index (χ1v) is 6.81. The van der Waals surface area contributed by atoms with Crippen LogP contribution < -0.4 is 5.32 Å². The second kappa shape index (κ2) is 6.94. The monoisotopic (exact) mass is 381 g/mol.